The van der Waals surface area contributed by atoms with E-state index in [2.05, 4.69) is 0 Å². The molecule has 3 rings (SSSR count). The number of aliphatic hydroxyl groups excluding tert-OH is 1. The molecular weight excluding hydrogens is 442 g/mol. The first-order valence-electron chi connectivity index (χ1n) is 8.57. The van der Waals surface area contributed by atoms with Crippen LogP contribution in [0, 0.1) is 23.1 Å². The molecule has 1 aliphatic rings. The number of β-amino-alcohol motifs (C(OH)–C–C–N with tert-alkyl or cyclic N) is 1. The molecule has 2 aromatic carbocycles. The summed E-state index contributed by atoms with van der Waals surface area (Å²) in [7, 11) is -4.06. The summed E-state index contributed by atoms with van der Waals surface area (Å²) in [6.07, 6.45) is 0.111. The van der Waals surface area contributed by atoms with E-state index in [0.717, 1.165) is 4.31 Å². The van der Waals surface area contributed by atoms with Gasteiger partial charge >= 0.3 is 0 Å². The highest BCUT2D eigenvalue weighted by Crippen LogP contribution is 2.36. The van der Waals surface area contributed by atoms with E-state index < -0.39 is 34.0 Å². The molecule has 154 valence electrons. The molecule has 2 atom stereocenters. The maximum absolute atomic E-state index is 13.9. The SMILES string of the molecule is N#Cc1ccc(C[C@H]2CN(S(=O)(=O)c3ccc(Cl)cc3Cl)C[C@]2(O)CO)cc1F. The predicted octanol–water partition coefficient (Wildman–Crippen LogP) is 2.59. The molecule has 2 N–H and O–H groups in total. The number of sulfonamides is 1. The summed E-state index contributed by atoms with van der Waals surface area (Å²) >= 11 is 11.9. The number of aliphatic hydroxyl groups is 2. The van der Waals surface area contributed by atoms with Gasteiger partial charge in [-0.3, -0.25) is 0 Å². The van der Waals surface area contributed by atoms with Crippen LogP contribution >= 0.6 is 23.2 Å². The van der Waals surface area contributed by atoms with Gasteiger partial charge in [-0.25, -0.2) is 12.8 Å². The second kappa shape index (κ2) is 8.19. The average molecular weight is 459 g/mol. The minimum absolute atomic E-state index is 0.0531. The van der Waals surface area contributed by atoms with Crippen molar-refractivity contribution in [2.45, 2.75) is 16.9 Å². The lowest BCUT2D eigenvalue weighted by atomic mass is 9.86. The molecule has 1 heterocycles. The highest BCUT2D eigenvalue weighted by Gasteiger charge is 2.49. The van der Waals surface area contributed by atoms with Gasteiger partial charge in [0.2, 0.25) is 10.0 Å². The van der Waals surface area contributed by atoms with Crippen LogP contribution in [0.25, 0.3) is 0 Å². The molecule has 1 fully saturated rings. The van der Waals surface area contributed by atoms with Gasteiger partial charge in [0.15, 0.2) is 0 Å². The summed E-state index contributed by atoms with van der Waals surface area (Å²) in [5.74, 6) is -1.39. The maximum Gasteiger partial charge on any atom is 0.244 e. The molecule has 0 saturated carbocycles. The number of nitrogens with zero attached hydrogens (tertiary/aromatic N) is 2. The summed E-state index contributed by atoms with van der Waals surface area (Å²) in [5, 5.41) is 29.6. The average Bonchev–Trinajstić information content (AvgIpc) is 2.99. The molecule has 0 amide bonds. The van der Waals surface area contributed by atoms with Crippen LogP contribution in [-0.2, 0) is 16.4 Å². The molecule has 10 heteroatoms. The zero-order valence-corrected chi connectivity index (χ0v) is 17.3. The molecular formula is C19H17Cl2FN2O4S. The van der Waals surface area contributed by atoms with Gasteiger partial charge in [-0.2, -0.15) is 9.57 Å². The summed E-state index contributed by atoms with van der Waals surface area (Å²) in [6, 6.07) is 9.73. The van der Waals surface area contributed by atoms with Crippen LogP contribution in [0.5, 0.6) is 0 Å². The zero-order chi connectivity index (χ0) is 21.4. The zero-order valence-electron chi connectivity index (χ0n) is 15.0. The van der Waals surface area contributed by atoms with Crippen LogP contribution in [-0.4, -0.2) is 48.2 Å². The molecule has 0 aromatic heterocycles. The fourth-order valence-corrected chi connectivity index (χ4v) is 5.71. The molecule has 0 unspecified atom stereocenters. The van der Waals surface area contributed by atoms with Crippen molar-refractivity contribution in [3.05, 3.63) is 63.4 Å². The maximum atomic E-state index is 13.9. The number of nitriles is 1. The Morgan fingerprint density at radius 3 is 2.59 bits per heavy atom. The number of hydrogen-bond donors (Lipinski definition) is 2. The van der Waals surface area contributed by atoms with Gasteiger partial charge in [0, 0.05) is 24.0 Å². The molecule has 0 bridgehead atoms. The summed E-state index contributed by atoms with van der Waals surface area (Å²) in [6.45, 7) is -1.11. The van der Waals surface area contributed by atoms with E-state index in [1.807, 2.05) is 0 Å². The number of halogens is 3. The van der Waals surface area contributed by atoms with Gasteiger partial charge in [-0.15, -0.1) is 0 Å². The van der Waals surface area contributed by atoms with Crippen molar-refractivity contribution in [2.24, 2.45) is 5.92 Å². The third kappa shape index (κ3) is 4.26. The van der Waals surface area contributed by atoms with Crippen molar-refractivity contribution < 1.29 is 23.0 Å². The summed E-state index contributed by atoms with van der Waals surface area (Å²) in [5.41, 5.74) is -1.35. The number of hydrogen-bond acceptors (Lipinski definition) is 5. The quantitative estimate of drug-likeness (QED) is 0.716. The lowest BCUT2D eigenvalue weighted by Gasteiger charge is -2.26. The second-order valence-corrected chi connectivity index (χ2v) is 9.71. The fourth-order valence-electron chi connectivity index (χ4n) is 3.42. The largest absolute Gasteiger partial charge is 0.393 e. The van der Waals surface area contributed by atoms with Crippen LogP contribution in [0.1, 0.15) is 11.1 Å². The van der Waals surface area contributed by atoms with Gasteiger partial charge < -0.3 is 10.2 Å². The van der Waals surface area contributed by atoms with E-state index in [4.69, 9.17) is 28.5 Å². The van der Waals surface area contributed by atoms with Gasteiger partial charge in [0.05, 0.1) is 17.2 Å². The first kappa shape index (κ1) is 22.0. The smallest absolute Gasteiger partial charge is 0.244 e. The van der Waals surface area contributed by atoms with E-state index in [9.17, 15) is 23.0 Å². The third-order valence-corrected chi connectivity index (χ3v) is 7.59. The van der Waals surface area contributed by atoms with Crippen LogP contribution in [0.2, 0.25) is 10.0 Å². The van der Waals surface area contributed by atoms with Crippen molar-refractivity contribution in [3.63, 3.8) is 0 Å². The predicted molar refractivity (Wildman–Crippen MR) is 106 cm³/mol. The van der Waals surface area contributed by atoms with E-state index in [-0.39, 0.29) is 40.0 Å². The molecule has 0 spiro atoms. The van der Waals surface area contributed by atoms with Crippen molar-refractivity contribution in [2.75, 3.05) is 19.7 Å². The fraction of sp³-hybridized carbons (Fsp3) is 0.316. The molecule has 29 heavy (non-hydrogen) atoms. The van der Waals surface area contributed by atoms with Crippen LogP contribution < -0.4 is 0 Å². The van der Waals surface area contributed by atoms with E-state index in [1.54, 1.807) is 6.07 Å². The van der Waals surface area contributed by atoms with Crippen molar-refractivity contribution >= 4 is 33.2 Å². The standard InChI is InChI=1S/C19H17Cl2FN2O4S/c20-15-3-4-18(16(21)7-15)29(27,28)24-9-14(19(26,10-24)11-25)5-12-1-2-13(8-23)17(22)6-12/h1-4,6-7,14,25-26H,5,9-11H2/t14-,19-/m0/s1. The van der Waals surface area contributed by atoms with Gasteiger partial charge in [0.1, 0.15) is 22.4 Å². The van der Waals surface area contributed by atoms with Crippen LogP contribution in [0.3, 0.4) is 0 Å². The Hall–Kier alpha value is -1.73. The number of rotatable bonds is 5. The molecule has 2 aromatic rings. The highest BCUT2D eigenvalue weighted by molar-refractivity contribution is 7.89. The molecule has 6 nitrogen and oxygen atoms in total. The molecule has 1 aliphatic heterocycles. The number of benzene rings is 2. The van der Waals surface area contributed by atoms with Crippen molar-refractivity contribution in [3.8, 4) is 6.07 Å². The second-order valence-electron chi connectivity index (χ2n) is 6.96. The van der Waals surface area contributed by atoms with Crippen LogP contribution in [0.15, 0.2) is 41.3 Å². The first-order chi connectivity index (χ1) is 13.6. The summed E-state index contributed by atoms with van der Waals surface area (Å²) in [4.78, 5) is -0.158. The third-order valence-electron chi connectivity index (χ3n) is 5.06. The Kier molecular flexibility index (Phi) is 6.20. The lowest BCUT2D eigenvalue weighted by molar-refractivity contribution is -0.0340. The van der Waals surface area contributed by atoms with Gasteiger partial charge in [0.25, 0.3) is 0 Å². The van der Waals surface area contributed by atoms with Crippen molar-refractivity contribution in [1.82, 2.24) is 4.31 Å². The highest BCUT2D eigenvalue weighted by atomic mass is 35.5. The van der Waals surface area contributed by atoms with E-state index in [0.29, 0.717) is 5.56 Å². The Morgan fingerprint density at radius 1 is 1.28 bits per heavy atom. The minimum Gasteiger partial charge on any atom is -0.393 e. The molecule has 1 saturated heterocycles. The first-order valence-corrected chi connectivity index (χ1v) is 10.8. The monoisotopic (exact) mass is 458 g/mol. The van der Waals surface area contributed by atoms with Crippen LogP contribution in [0.4, 0.5) is 4.39 Å². The van der Waals surface area contributed by atoms with Gasteiger partial charge in [-0.1, -0.05) is 29.3 Å². The normalized spacial score (nSPS) is 22.6. The minimum atomic E-state index is -4.06. The summed E-state index contributed by atoms with van der Waals surface area (Å²) < 4.78 is 41.0. The molecule has 0 aliphatic carbocycles. The Balaban J connectivity index is 1.89. The van der Waals surface area contributed by atoms with E-state index >= 15 is 0 Å². The lowest BCUT2D eigenvalue weighted by Crippen LogP contribution is -2.43. The van der Waals surface area contributed by atoms with E-state index in [1.165, 1.54) is 36.4 Å². The molecule has 0 radical (unpaired) electrons. The van der Waals surface area contributed by atoms with Gasteiger partial charge in [-0.05, 0) is 42.3 Å². The Morgan fingerprint density at radius 2 is 2.00 bits per heavy atom. The topological polar surface area (TPSA) is 102 Å². The Labute approximate surface area is 177 Å². The Bertz CT molecular complexity index is 1090. The van der Waals surface area contributed by atoms with Crippen molar-refractivity contribution in [1.29, 1.82) is 5.26 Å².